The Bertz CT molecular complexity index is 743. The highest BCUT2D eigenvalue weighted by Gasteiger charge is 2.20. The van der Waals surface area contributed by atoms with Crippen molar-refractivity contribution < 1.29 is 14.9 Å². The van der Waals surface area contributed by atoms with Crippen molar-refractivity contribution in [1.29, 1.82) is 0 Å². The average molecular weight is 313 g/mol. The van der Waals surface area contributed by atoms with Gasteiger partial charge >= 0.3 is 0 Å². The van der Waals surface area contributed by atoms with Crippen molar-refractivity contribution in [3.05, 3.63) is 47.0 Å². The van der Waals surface area contributed by atoms with Gasteiger partial charge in [-0.1, -0.05) is 26.8 Å². The molecular formula is C19H23NO3. The Balaban J connectivity index is 2.42. The van der Waals surface area contributed by atoms with E-state index in [1.165, 1.54) is 7.11 Å². The van der Waals surface area contributed by atoms with E-state index in [2.05, 4.69) is 25.8 Å². The summed E-state index contributed by atoms with van der Waals surface area (Å²) in [7, 11) is 1.50. The van der Waals surface area contributed by atoms with Gasteiger partial charge in [-0.05, 0) is 47.7 Å². The van der Waals surface area contributed by atoms with Crippen LogP contribution in [0, 0.1) is 6.92 Å². The van der Waals surface area contributed by atoms with Crippen LogP contribution >= 0.6 is 0 Å². The molecule has 23 heavy (non-hydrogen) atoms. The van der Waals surface area contributed by atoms with Crippen molar-refractivity contribution in [1.82, 2.24) is 0 Å². The van der Waals surface area contributed by atoms with Gasteiger partial charge in [0.05, 0.1) is 7.11 Å². The lowest BCUT2D eigenvalue weighted by molar-refractivity contribution is 0.373. The first-order valence-corrected chi connectivity index (χ1v) is 7.47. The molecule has 122 valence electrons. The summed E-state index contributed by atoms with van der Waals surface area (Å²) in [5, 5.41) is 20.1. The number of hydrogen-bond donors (Lipinski definition) is 2. The number of aromatic hydroxyl groups is 2. The van der Waals surface area contributed by atoms with E-state index in [9.17, 15) is 10.2 Å². The molecule has 2 rings (SSSR count). The highest BCUT2D eigenvalue weighted by Crippen LogP contribution is 2.38. The van der Waals surface area contributed by atoms with Gasteiger partial charge in [0.2, 0.25) is 0 Å². The van der Waals surface area contributed by atoms with E-state index in [4.69, 9.17) is 4.74 Å². The van der Waals surface area contributed by atoms with Crippen LogP contribution in [0.1, 0.15) is 37.5 Å². The summed E-state index contributed by atoms with van der Waals surface area (Å²) < 4.78 is 5.08. The van der Waals surface area contributed by atoms with Gasteiger partial charge < -0.3 is 14.9 Å². The largest absolute Gasteiger partial charge is 0.505 e. The first kappa shape index (κ1) is 16.9. The third-order valence-electron chi connectivity index (χ3n) is 3.60. The van der Waals surface area contributed by atoms with Crippen LogP contribution in [0.2, 0.25) is 0 Å². The Labute approximate surface area is 137 Å². The Morgan fingerprint density at radius 3 is 2.39 bits per heavy atom. The molecule has 2 N–H and O–H groups in total. The minimum atomic E-state index is -0.165. The summed E-state index contributed by atoms with van der Waals surface area (Å²) in [4.78, 5) is 4.40. The minimum absolute atomic E-state index is 0.0815. The topological polar surface area (TPSA) is 62.0 Å². The number of rotatable bonds is 3. The summed E-state index contributed by atoms with van der Waals surface area (Å²) in [5.41, 5.74) is 3.05. The second kappa shape index (κ2) is 6.32. The maximum atomic E-state index is 10.5. The van der Waals surface area contributed by atoms with Crippen molar-refractivity contribution >= 4 is 11.9 Å². The van der Waals surface area contributed by atoms with Crippen LogP contribution < -0.4 is 4.74 Å². The monoisotopic (exact) mass is 313 g/mol. The van der Waals surface area contributed by atoms with Crippen molar-refractivity contribution in [2.75, 3.05) is 7.11 Å². The van der Waals surface area contributed by atoms with Crippen LogP contribution in [-0.2, 0) is 5.41 Å². The van der Waals surface area contributed by atoms with Crippen LogP contribution in [0.5, 0.6) is 17.2 Å². The van der Waals surface area contributed by atoms with E-state index in [0.29, 0.717) is 11.4 Å². The van der Waals surface area contributed by atoms with E-state index in [-0.39, 0.29) is 16.9 Å². The Kier molecular flexibility index (Phi) is 4.64. The Morgan fingerprint density at radius 2 is 1.78 bits per heavy atom. The molecule has 4 nitrogen and oxygen atoms in total. The predicted molar refractivity (Wildman–Crippen MR) is 93.5 cm³/mol. The summed E-state index contributed by atoms with van der Waals surface area (Å²) in [5.74, 6) is 0.668. The van der Waals surface area contributed by atoms with Gasteiger partial charge in [-0.25, -0.2) is 0 Å². The van der Waals surface area contributed by atoms with Gasteiger partial charge in [0.1, 0.15) is 11.4 Å². The molecule has 0 aliphatic rings. The molecular weight excluding hydrogens is 290 g/mol. The van der Waals surface area contributed by atoms with Crippen LogP contribution in [0.4, 0.5) is 5.69 Å². The number of hydrogen-bond acceptors (Lipinski definition) is 4. The number of nitrogens with zero attached hydrogens (tertiary/aromatic N) is 1. The molecule has 0 aliphatic carbocycles. The van der Waals surface area contributed by atoms with Gasteiger partial charge in [-0.15, -0.1) is 0 Å². The van der Waals surface area contributed by atoms with Crippen molar-refractivity contribution in [3.63, 3.8) is 0 Å². The lowest BCUT2D eigenvalue weighted by atomic mass is 9.85. The number of phenolic OH excluding ortho intramolecular Hbond substituents is 2. The standard InChI is InChI=1S/C19H23NO3/c1-12-8-14(19(2,3)4)18(22)15(9-12)20-11-13-6-7-16(21)17(10-13)23-5/h6-11,21-22H,1-5H3. The maximum absolute atomic E-state index is 10.5. The summed E-state index contributed by atoms with van der Waals surface area (Å²) in [6.45, 7) is 8.15. The van der Waals surface area contributed by atoms with Gasteiger partial charge in [0.25, 0.3) is 0 Å². The maximum Gasteiger partial charge on any atom is 0.161 e. The molecule has 0 heterocycles. The minimum Gasteiger partial charge on any atom is -0.505 e. The molecule has 0 saturated heterocycles. The lowest BCUT2D eigenvalue weighted by Crippen LogP contribution is -2.11. The summed E-state index contributed by atoms with van der Waals surface area (Å²) >= 11 is 0. The second-order valence-corrected chi connectivity index (χ2v) is 6.62. The molecule has 0 unspecified atom stereocenters. The van der Waals surface area contributed by atoms with E-state index in [1.807, 2.05) is 19.1 Å². The SMILES string of the molecule is COc1cc(C=Nc2cc(C)cc(C(C)(C)C)c2O)ccc1O. The fourth-order valence-corrected chi connectivity index (χ4v) is 2.35. The van der Waals surface area contributed by atoms with E-state index >= 15 is 0 Å². The third-order valence-corrected chi connectivity index (χ3v) is 3.60. The number of ether oxygens (including phenoxy) is 1. The van der Waals surface area contributed by atoms with Crippen molar-refractivity contribution in [3.8, 4) is 17.2 Å². The van der Waals surface area contributed by atoms with E-state index < -0.39 is 0 Å². The zero-order valence-electron chi connectivity index (χ0n) is 14.2. The molecule has 0 radical (unpaired) electrons. The molecule has 0 fully saturated rings. The number of benzene rings is 2. The number of phenols is 2. The number of methoxy groups -OCH3 is 1. The average Bonchev–Trinajstić information content (AvgIpc) is 2.48. The molecule has 0 aliphatic heterocycles. The molecule has 2 aromatic carbocycles. The summed E-state index contributed by atoms with van der Waals surface area (Å²) in [6, 6.07) is 8.81. The Morgan fingerprint density at radius 1 is 1.09 bits per heavy atom. The molecule has 0 aromatic heterocycles. The highest BCUT2D eigenvalue weighted by molar-refractivity contribution is 5.84. The van der Waals surface area contributed by atoms with Gasteiger partial charge in [-0.2, -0.15) is 0 Å². The second-order valence-electron chi connectivity index (χ2n) is 6.62. The van der Waals surface area contributed by atoms with E-state index in [1.54, 1.807) is 24.4 Å². The zero-order chi connectivity index (χ0) is 17.2. The fourth-order valence-electron chi connectivity index (χ4n) is 2.35. The third kappa shape index (κ3) is 3.83. The van der Waals surface area contributed by atoms with Crippen LogP contribution in [0.25, 0.3) is 0 Å². The van der Waals surface area contributed by atoms with Crippen LogP contribution in [0.3, 0.4) is 0 Å². The van der Waals surface area contributed by atoms with E-state index in [0.717, 1.165) is 16.7 Å². The van der Waals surface area contributed by atoms with Crippen LogP contribution in [-0.4, -0.2) is 23.5 Å². The van der Waals surface area contributed by atoms with Gasteiger partial charge in [0.15, 0.2) is 11.5 Å². The summed E-state index contributed by atoms with van der Waals surface area (Å²) in [6.07, 6.45) is 1.64. The van der Waals surface area contributed by atoms with Gasteiger partial charge in [-0.3, -0.25) is 4.99 Å². The van der Waals surface area contributed by atoms with Gasteiger partial charge in [0, 0.05) is 11.8 Å². The molecule has 0 spiro atoms. The molecule has 0 bridgehead atoms. The molecule has 4 heteroatoms. The highest BCUT2D eigenvalue weighted by atomic mass is 16.5. The number of aliphatic imine (C=N–C) groups is 1. The molecule has 2 aromatic rings. The first-order valence-electron chi connectivity index (χ1n) is 7.47. The van der Waals surface area contributed by atoms with Crippen LogP contribution in [0.15, 0.2) is 35.3 Å². The predicted octanol–water partition coefficient (Wildman–Crippen LogP) is 4.46. The fraction of sp³-hybridized carbons (Fsp3) is 0.316. The zero-order valence-corrected chi connectivity index (χ0v) is 14.2. The first-order chi connectivity index (χ1) is 10.7. The quantitative estimate of drug-likeness (QED) is 0.822. The van der Waals surface area contributed by atoms with Crippen molar-refractivity contribution in [2.45, 2.75) is 33.1 Å². The molecule has 0 atom stereocenters. The number of aryl methyl sites for hydroxylation is 1. The molecule has 0 amide bonds. The smallest absolute Gasteiger partial charge is 0.161 e. The van der Waals surface area contributed by atoms with Crippen molar-refractivity contribution in [2.24, 2.45) is 4.99 Å². The Hall–Kier alpha value is -2.49. The lowest BCUT2D eigenvalue weighted by Gasteiger charge is -2.21. The molecule has 0 saturated carbocycles. The normalized spacial score (nSPS) is 11.9.